The Morgan fingerprint density at radius 2 is 1.66 bits per heavy atom. The fourth-order valence-electron chi connectivity index (χ4n) is 3.16. The normalized spacial score (nSPS) is 11.2. The molecule has 0 saturated heterocycles. The number of rotatable bonds is 6. The molecule has 29 heavy (non-hydrogen) atoms. The van der Waals surface area contributed by atoms with Crippen molar-refractivity contribution in [1.29, 1.82) is 0 Å². The van der Waals surface area contributed by atoms with Gasteiger partial charge in [0, 0.05) is 17.9 Å². The minimum absolute atomic E-state index is 0.0228. The zero-order valence-electron chi connectivity index (χ0n) is 17.5. The summed E-state index contributed by atoms with van der Waals surface area (Å²) in [4.78, 5) is 21.5. The average molecular weight is 389 g/mol. The first-order valence-electron chi connectivity index (χ1n) is 9.87. The van der Waals surface area contributed by atoms with Crippen LogP contribution < -0.4 is 10.6 Å². The number of aromatic nitrogens is 2. The van der Waals surface area contributed by atoms with Crippen molar-refractivity contribution in [2.45, 2.75) is 39.5 Å². The van der Waals surface area contributed by atoms with E-state index in [1.54, 1.807) is 6.07 Å². The van der Waals surface area contributed by atoms with Gasteiger partial charge < -0.3 is 10.6 Å². The highest BCUT2D eigenvalue weighted by Gasteiger charge is 2.18. The predicted molar refractivity (Wildman–Crippen MR) is 118 cm³/mol. The third-order valence-electron chi connectivity index (χ3n) is 4.61. The first kappa shape index (κ1) is 20.5. The highest BCUT2D eigenvalue weighted by Crippen LogP contribution is 2.30. The molecule has 5 heteroatoms. The molecule has 2 aromatic carbocycles. The lowest BCUT2D eigenvalue weighted by Crippen LogP contribution is -2.27. The van der Waals surface area contributed by atoms with Crippen molar-refractivity contribution in [2.75, 3.05) is 11.9 Å². The van der Waals surface area contributed by atoms with Gasteiger partial charge in [-0.2, -0.15) is 0 Å². The van der Waals surface area contributed by atoms with Crippen LogP contribution in [-0.2, 0) is 11.8 Å². The Kier molecular flexibility index (Phi) is 6.27. The van der Waals surface area contributed by atoms with E-state index in [4.69, 9.17) is 0 Å². The van der Waals surface area contributed by atoms with E-state index in [1.165, 1.54) is 11.1 Å². The minimum Gasteiger partial charge on any atom is -0.350 e. The largest absolute Gasteiger partial charge is 0.350 e. The van der Waals surface area contributed by atoms with Crippen LogP contribution in [0.2, 0.25) is 0 Å². The summed E-state index contributed by atoms with van der Waals surface area (Å²) in [6, 6.07) is 19.9. The van der Waals surface area contributed by atoms with Gasteiger partial charge in [-0.05, 0) is 42.0 Å². The number of aryl methyl sites for hydroxylation is 1. The van der Waals surface area contributed by atoms with Crippen LogP contribution in [0.25, 0.3) is 0 Å². The molecule has 0 aliphatic heterocycles. The lowest BCUT2D eigenvalue weighted by atomic mass is 9.86. The lowest BCUT2D eigenvalue weighted by molar-refractivity contribution is 0.0949. The summed E-state index contributed by atoms with van der Waals surface area (Å²) < 4.78 is 0. The van der Waals surface area contributed by atoms with Gasteiger partial charge in [0.2, 0.25) is 5.95 Å². The Hall–Kier alpha value is -3.21. The molecule has 0 aliphatic carbocycles. The second-order valence-electron chi connectivity index (χ2n) is 8.13. The molecule has 150 valence electrons. The van der Waals surface area contributed by atoms with Gasteiger partial charge >= 0.3 is 0 Å². The van der Waals surface area contributed by atoms with Crippen molar-refractivity contribution in [3.8, 4) is 0 Å². The number of carbonyl (C=O) groups is 1. The molecule has 0 radical (unpaired) electrons. The van der Waals surface area contributed by atoms with Crippen LogP contribution in [0.3, 0.4) is 0 Å². The summed E-state index contributed by atoms with van der Waals surface area (Å²) in [5, 5.41) is 6.24. The molecule has 0 unspecified atom stereocenters. The lowest BCUT2D eigenvalue weighted by Gasteiger charge is -2.23. The Balaban J connectivity index is 1.72. The van der Waals surface area contributed by atoms with Crippen LogP contribution in [0.15, 0.2) is 60.7 Å². The number of carbonyl (C=O) groups excluding carboxylic acids is 1. The van der Waals surface area contributed by atoms with E-state index < -0.39 is 0 Å². The molecular formula is C24H28N4O. The van der Waals surface area contributed by atoms with Gasteiger partial charge in [-0.15, -0.1) is 0 Å². The van der Waals surface area contributed by atoms with Gasteiger partial charge in [0.15, 0.2) is 0 Å². The Morgan fingerprint density at radius 3 is 2.38 bits per heavy atom. The fraction of sp³-hybridized carbons (Fsp3) is 0.292. The van der Waals surface area contributed by atoms with Crippen LogP contribution in [0, 0.1) is 6.92 Å². The molecule has 5 nitrogen and oxygen atoms in total. The van der Waals surface area contributed by atoms with Crippen LogP contribution >= 0.6 is 0 Å². The Labute approximate surface area is 172 Å². The summed E-state index contributed by atoms with van der Waals surface area (Å²) >= 11 is 0. The van der Waals surface area contributed by atoms with Gasteiger partial charge in [0.1, 0.15) is 5.69 Å². The van der Waals surface area contributed by atoms with E-state index in [2.05, 4.69) is 59.6 Å². The summed E-state index contributed by atoms with van der Waals surface area (Å²) in [5.41, 5.74) is 4.38. The summed E-state index contributed by atoms with van der Waals surface area (Å²) in [5.74, 6) is 0.230. The van der Waals surface area contributed by atoms with Crippen molar-refractivity contribution < 1.29 is 4.79 Å². The zero-order chi connectivity index (χ0) is 20.9. The maximum Gasteiger partial charge on any atom is 0.270 e. The van der Waals surface area contributed by atoms with E-state index >= 15 is 0 Å². The SMILES string of the molecule is Cc1cc(C(=O)NCCc2ccccc2)nc(Nc2ccccc2C(C)(C)C)n1. The van der Waals surface area contributed by atoms with Gasteiger partial charge in [-0.3, -0.25) is 4.79 Å². The first-order chi connectivity index (χ1) is 13.8. The minimum atomic E-state index is -0.196. The fourth-order valence-corrected chi connectivity index (χ4v) is 3.16. The van der Waals surface area contributed by atoms with Crippen molar-refractivity contribution in [1.82, 2.24) is 15.3 Å². The van der Waals surface area contributed by atoms with E-state index in [9.17, 15) is 4.79 Å². The van der Waals surface area contributed by atoms with Gasteiger partial charge in [0.25, 0.3) is 5.91 Å². The first-order valence-corrected chi connectivity index (χ1v) is 9.87. The maximum atomic E-state index is 12.6. The number of nitrogens with zero attached hydrogens (tertiary/aromatic N) is 2. The van der Waals surface area contributed by atoms with E-state index in [0.29, 0.717) is 18.2 Å². The molecule has 0 spiro atoms. The van der Waals surface area contributed by atoms with Crippen LogP contribution in [-0.4, -0.2) is 22.4 Å². The molecule has 3 aromatic rings. The van der Waals surface area contributed by atoms with Crippen molar-refractivity contribution in [2.24, 2.45) is 0 Å². The number of anilines is 2. The van der Waals surface area contributed by atoms with Crippen molar-refractivity contribution >= 4 is 17.5 Å². The van der Waals surface area contributed by atoms with E-state index in [1.807, 2.05) is 43.3 Å². The molecule has 1 amide bonds. The van der Waals surface area contributed by atoms with Crippen LogP contribution in [0.1, 0.15) is 48.1 Å². The average Bonchev–Trinajstić information content (AvgIpc) is 2.68. The molecule has 0 aliphatic rings. The molecule has 1 aromatic heterocycles. The molecule has 1 heterocycles. The molecular weight excluding hydrogens is 360 g/mol. The summed E-state index contributed by atoms with van der Waals surface area (Å²) in [7, 11) is 0. The smallest absolute Gasteiger partial charge is 0.270 e. The maximum absolute atomic E-state index is 12.6. The van der Waals surface area contributed by atoms with Gasteiger partial charge in [0.05, 0.1) is 0 Å². The topological polar surface area (TPSA) is 66.9 Å². The summed E-state index contributed by atoms with van der Waals surface area (Å²) in [6.45, 7) is 8.91. The predicted octanol–water partition coefficient (Wildman–Crippen LogP) is 4.80. The number of nitrogens with one attached hydrogen (secondary N) is 2. The van der Waals surface area contributed by atoms with Crippen molar-refractivity contribution in [3.63, 3.8) is 0 Å². The van der Waals surface area contributed by atoms with E-state index in [0.717, 1.165) is 17.8 Å². The molecule has 3 rings (SSSR count). The molecule has 2 N–H and O–H groups in total. The standard InChI is InChI=1S/C24H28N4O/c1-17-16-21(22(29)25-15-14-18-10-6-5-7-11-18)28-23(26-17)27-20-13-9-8-12-19(20)24(2,3)4/h5-13,16H,14-15H2,1-4H3,(H,25,29)(H,26,27,28). The molecule has 0 fully saturated rings. The highest BCUT2D eigenvalue weighted by atomic mass is 16.1. The Morgan fingerprint density at radius 1 is 0.966 bits per heavy atom. The van der Waals surface area contributed by atoms with Gasteiger partial charge in [-0.25, -0.2) is 9.97 Å². The number of para-hydroxylation sites is 1. The van der Waals surface area contributed by atoms with Crippen LogP contribution in [0.4, 0.5) is 11.6 Å². The molecule has 0 atom stereocenters. The second-order valence-corrected chi connectivity index (χ2v) is 8.13. The van der Waals surface area contributed by atoms with Crippen LogP contribution in [0.5, 0.6) is 0 Å². The Bertz CT molecular complexity index is 978. The quantitative estimate of drug-likeness (QED) is 0.637. The third-order valence-corrected chi connectivity index (χ3v) is 4.61. The number of hydrogen-bond acceptors (Lipinski definition) is 4. The number of amides is 1. The molecule has 0 saturated carbocycles. The van der Waals surface area contributed by atoms with E-state index in [-0.39, 0.29) is 11.3 Å². The number of benzene rings is 2. The van der Waals surface area contributed by atoms with Gasteiger partial charge in [-0.1, -0.05) is 69.3 Å². The number of hydrogen-bond donors (Lipinski definition) is 2. The van der Waals surface area contributed by atoms with Crippen molar-refractivity contribution in [3.05, 3.63) is 83.2 Å². The highest BCUT2D eigenvalue weighted by molar-refractivity contribution is 5.92. The third kappa shape index (κ3) is 5.64. The zero-order valence-corrected chi connectivity index (χ0v) is 17.5. The molecule has 0 bridgehead atoms. The summed E-state index contributed by atoms with van der Waals surface area (Å²) in [6.07, 6.45) is 0.778. The second kappa shape index (κ2) is 8.86. The monoisotopic (exact) mass is 388 g/mol.